The number of ketones is 1. The summed E-state index contributed by atoms with van der Waals surface area (Å²) >= 11 is 0. The molecule has 1 saturated carbocycles. The molecule has 1 aromatic carbocycles. The van der Waals surface area contributed by atoms with Crippen LogP contribution in [0.15, 0.2) is 53.1 Å². The normalized spacial score (nSPS) is 23.0. The molecule has 120 valence electrons. The maximum absolute atomic E-state index is 12.8. The first-order valence-corrected chi connectivity index (χ1v) is 8.21. The van der Waals surface area contributed by atoms with Gasteiger partial charge in [0, 0.05) is 17.1 Å². The first kappa shape index (κ1) is 15.7. The second-order valence-electron chi connectivity index (χ2n) is 6.60. The predicted molar refractivity (Wildman–Crippen MR) is 89.0 cm³/mol. The molecule has 2 aliphatic rings. The number of hydrogen-bond donors (Lipinski definition) is 0. The van der Waals surface area contributed by atoms with Gasteiger partial charge in [0.1, 0.15) is 0 Å². The van der Waals surface area contributed by atoms with E-state index >= 15 is 0 Å². The van der Waals surface area contributed by atoms with Gasteiger partial charge in [-0.15, -0.1) is 0 Å². The molecule has 0 saturated heterocycles. The van der Waals surface area contributed by atoms with Crippen LogP contribution in [0.25, 0.3) is 0 Å². The van der Waals surface area contributed by atoms with E-state index in [2.05, 4.69) is 0 Å². The molecule has 2 atom stereocenters. The average Bonchev–Trinajstić information content (AvgIpc) is 3.04. The molecular formula is C20H22O3. The average molecular weight is 310 g/mol. The largest absolute Gasteiger partial charge is 0.463 e. The van der Waals surface area contributed by atoms with Gasteiger partial charge in [0.2, 0.25) is 0 Å². The molecule has 0 aliphatic heterocycles. The fourth-order valence-electron chi connectivity index (χ4n) is 3.68. The lowest BCUT2D eigenvalue weighted by Crippen LogP contribution is -2.21. The summed E-state index contributed by atoms with van der Waals surface area (Å²) in [4.78, 5) is 25.1. The van der Waals surface area contributed by atoms with E-state index in [4.69, 9.17) is 4.74 Å². The van der Waals surface area contributed by atoms with E-state index in [0.29, 0.717) is 5.56 Å². The second-order valence-corrected chi connectivity index (χ2v) is 6.60. The third-order valence-corrected chi connectivity index (χ3v) is 4.62. The van der Waals surface area contributed by atoms with Gasteiger partial charge in [-0.25, -0.2) is 0 Å². The zero-order valence-corrected chi connectivity index (χ0v) is 13.8. The summed E-state index contributed by atoms with van der Waals surface area (Å²) in [5.41, 5.74) is 3.61. The maximum Gasteiger partial charge on any atom is 0.313 e. The van der Waals surface area contributed by atoms with Crippen molar-refractivity contribution in [3.8, 4) is 0 Å². The number of benzene rings is 1. The van der Waals surface area contributed by atoms with E-state index in [0.717, 1.165) is 29.6 Å². The van der Waals surface area contributed by atoms with Gasteiger partial charge >= 0.3 is 5.97 Å². The number of hydrogen-bond acceptors (Lipinski definition) is 3. The highest BCUT2D eigenvalue weighted by molar-refractivity contribution is 6.11. The Kier molecular flexibility index (Phi) is 4.20. The van der Waals surface area contributed by atoms with E-state index in [1.807, 2.05) is 57.2 Å². The number of allylic oxidation sites excluding steroid dienone is 3. The summed E-state index contributed by atoms with van der Waals surface area (Å²) in [7, 11) is 0. The number of esters is 1. The Morgan fingerprint density at radius 2 is 1.83 bits per heavy atom. The van der Waals surface area contributed by atoms with Gasteiger partial charge in [-0.3, -0.25) is 9.59 Å². The minimum absolute atomic E-state index is 0.0763. The molecule has 0 N–H and O–H groups in total. The van der Waals surface area contributed by atoms with Gasteiger partial charge < -0.3 is 4.74 Å². The Morgan fingerprint density at radius 3 is 2.48 bits per heavy atom. The minimum Gasteiger partial charge on any atom is -0.463 e. The van der Waals surface area contributed by atoms with Crippen LogP contribution in [0.4, 0.5) is 0 Å². The number of carbonyl (C=O) groups excluding carboxylic acids is 2. The molecule has 0 spiro atoms. The molecule has 0 amide bonds. The summed E-state index contributed by atoms with van der Waals surface area (Å²) in [5.74, 6) is -0.196. The van der Waals surface area contributed by atoms with Crippen LogP contribution in [0.1, 0.15) is 44.0 Å². The van der Waals surface area contributed by atoms with Crippen molar-refractivity contribution < 1.29 is 14.3 Å². The van der Waals surface area contributed by atoms with Crippen molar-refractivity contribution in [1.29, 1.82) is 0 Å². The smallest absolute Gasteiger partial charge is 0.313 e. The molecule has 3 heteroatoms. The van der Waals surface area contributed by atoms with Crippen molar-refractivity contribution in [2.45, 2.75) is 39.7 Å². The minimum atomic E-state index is -0.196. The number of ether oxygens (including phenoxy) is 1. The fraction of sp³-hybridized carbons (Fsp3) is 0.400. The second kappa shape index (κ2) is 6.15. The Hall–Kier alpha value is -2.16. The number of fused-ring (bicyclic) bond motifs is 1. The molecule has 3 rings (SSSR count). The van der Waals surface area contributed by atoms with Gasteiger partial charge in [0.05, 0.1) is 12.0 Å². The van der Waals surface area contributed by atoms with E-state index in [1.54, 1.807) is 0 Å². The van der Waals surface area contributed by atoms with Crippen molar-refractivity contribution >= 4 is 11.8 Å². The van der Waals surface area contributed by atoms with Gasteiger partial charge in [-0.2, -0.15) is 0 Å². The van der Waals surface area contributed by atoms with Gasteiger partial charge in [-0.05, 0) is 44.8 Å². The highest BCUT2D eigenvalue weighted by Gasteiger charge is 2.43. The molecule has 0 heterocycles. The van der Waals surface area contributed by atoms with E-state index in [-0.39, 0.29) is 29.7 Å². The lowest BCUT2D eigenvalue weighted by molar-refractivity contribution is -0.150. The van der Waals surface area contributed by atoms with E-state index in [9.17, 15) is 9.59 Å². The van der Waals surface area contributed by atoms with Crippen LogP contribution in [0.5, 0.6) is 0 Å². The molecule has 1 fully saturated rings. The third-order valence-electron chi connectivity index (χ3n) is 4.62. The fourth-order valence-corrected chi connectivity index (χ4v) is 3.68. The van der Waals surface area contributed by atoms with E-state index in [1.165, 1.54) is 0 Å². The Morgan fingerprint density at radius 1 is 1.13 bits per heavy atom. The van der Waals surface area contributed by atoms with Crippen molar-refractivity contribution in [3.63, 3.8) is 0 Å². The number of carbonyl (C=O) groups is 2. The van der Waals surface area contributed by atoms with Gasteiger partial charge in [0.15, 0.2) is 5.78 Å². The quantitative estimate of drug-likeness (QED) is 0.621. The van der Waals surface area contributed by atoms with E-state index < -0.39 is 0 Å². The van der Waals surface area contributed by atoms with Crippen LogP contribution in [-0.2, 0) is 9.53 Å². The first-order chi connectivity index (χ1) is 11.0. The topological polar surface area (TPSA) is 43.4 Å². The van der Waals surface area contributed by atoms with Gasteiger partial charge in [-0.1, -0.05) is 36.4 Å². The molecular weight excluding hydrogens is 288 g/mol. The van der Waals surface area contributed by atoms with Gasteiger partial charge in [0.25, 0.3) is 0 Å². The third kappa shape index (κ3) is 2.88. The van der Waals surface area contributed by atoms with Crippen LogP contribution in [0, 0.1) is 11.8 Å². The zero-order chi connectivity index (χ0) is 16.6. The molecule has 2 unspecified atom stereocenters. The molecule has 23 heavy (non-hydrogen) atoms. The molecule has 2 aliphatic carbocycles. The van der Waals surface area contributed by atoms with Crippen molar-refractivity contribution in [1.82, 2.24) is 0 Å². The highest BCUT2D eigenvalue weighted by Crippen LogP contribution is 2.47. The number of rotatable bonds is 4. The standard InChI is InChI=1S/C20H22O3/c1-12(2)23-20(22)16-10-9-15-17(16)11-13(3)18(15)19(21)14-7-5-4-6-8-14/h4-8,11-12,15-16H,9-10H2,1-3H3. The zero-order valence-electron chi connectivity index (χ0n) is 13.8. The Bertz CT molecular complexity index is 695. The molecule has 0 bridgehead atoms. The van der Waals surface area contributed by atoms with Crippen LogP contribution in [-0.4, -0.2) is 17.9 Å². The summed E-state index contributed by atoms with van der Waals surface area (Å²) in [6, 6.07) is 9.36. The molecule has 3 nitrogen and oxygen atoms in total. The Balaban J connectivity index is 1.82. The lowest BCUT2D eigenvalue weighted by Gasteiger charge is -2.15. The van der Waals surface area contributed by atoms with Crippen molar-refractivity contribution in [3.05, 3.63) is 58.7 Å². The molecule has 0 radical (unpaired) electrons. The summed E-state index contributed by atoms with van der Waals surface area (Å²) < 4.78 is 5.37. The van der Waals surface area contributed by atoms with Crippen molar-refractivity contribution in [2.24, 2.45) is 11.8 Å². The maximum atomic E-state index is 12.8. The summed E-state index contributed by atoms with van der Waals surface area (Å²) in [6.45, 7) is 5.69. The monoisotopic (exact) mass is 310 g/mol. The lowest BCUT2D eigenvalue weighted by atomic mass is 9.89. The van der Waals surface area contributed by atoms with Crippen LogP contribution in [0.2, 0.25) is 0 Å². The first-order valence-electron chi connectivity index (χ1n) is 8.21. The highest BCUT2D eigenvalue weighted by atomic mass is 16.5. The van der Waals surface area contributed by atoms with Crippen LogP contribution < -0.4 is 0 Å². The summed E-state index contributed by atoms with van der Waals surface area (Å²) in [6.07, 6.45) is 3.53. The van der Waals surface area contributed by atoms with Crippen LogP contribution >= 0.6 is 0 Å². The van der Waals surface area contributed by atoms with Crippen LogP contribution in [0.3, 0.4) is 0 Å². The predicted octanol–water partition coefficient (Wildman–Crippen LogP) is 4.10. The molecule has 1 aromatic rings. The Labute approximate surface area is 137 Å². The summed E-state index contributed by atoms with van der Waals surface area (Å²) in [5, 5.41) is 0. The van der Waals surface area contributed by atoms with Crippen molar-refractivity contribution in [2.75, 3.05) is 0 Å². The SMILES string of the molecule is CC1=C(C(=O)c2ccccc2)C2CCC(C(=O)OC(C)C)C2=C1. The molecule has 0 aromatic heterocycles. The number of Topliss-reactive ketones (excluding diaryl/α,β-unsaturated/α-hetero) is 1.